The fraction of sp³-hybridized carbons (Fsp3) is 0.375. The molecule has 0 spiro atoms. The quantitative estimate of drug-likeness (QED) is 0.759. The molecule has 0 unspecified atom stereocenters. The summed E-state index contributed by atoms with van der Waals surface area (Å²) in [5.74, 6) is 1.07. The minimum Gasteiger partial charge on any atom is -0.394 e. The summed E-state index contributed by atoms with van der Waals surface area (Å²) in [4.78, 5) is 5.56. The van der Waals surface area contributed by atoms with Gasteiger partial charge in [-0.1, -0.05) is 13.8 Å². The Kier molecular flexibility index (Phi) is 4.13. The number of rotatable bonds is 5. The summed E-state index contributed by atoms with van der Waals surface area (Å²) in [7, 11) is 0. The fourth-order valence-electron chi connectivity index (χ4n) is 2.30. The number of thiophene rings is 1. The molecule has 0 fully saturated rings. The van der Waals surface area contributed by atoms with Crippen LogP contribution >= 0.6 is 11.3 Å². The molecule has 3 rings (SSSR count). The Hall–Kier alpha value is -1.92. The van der Waals surface area contributed by atoms with Gasteiger partial charge in [0.15, 0.2) is 5.65 Å². The molecular formula is C16H20N4OS. The molecule has 0 radical (unpaired) electrons. The first-order chi connectivity index (χ1) is 10.6. The van der Waals surface area contributed by atoms with Gasteiger partial charge in [0.05, 0.1) is 23.7 Å². The van der Waals surface area contributed by atoms with Gasteiger partial charge in [0.1, 0.15) is 11.5 Å². The van der Waals surface area contributed by atoms with Gasteiger partial charge in [-0.15, -0.1) is 16.4 Å². The lowest BCUT2D eigenvalue weighted by Gasteiger charge is -2.20. The predicted octanol–water partition coefficient (Wildman–Crippen LogP) is 3.20. The van der Waals surface area contributed by atoms with Crippen LogP contribution in [0.25, 0.3) is 16.2 Å². The largest absolute Gasteiger partial charge is 0.394 e. The van der Waals surface area contributed by atoms with Crippen molar-refractivity contribution in [3.63, 3.8) is 0 Å². The van der Waals surface area contributed by atoms with Crippen LogP contribution in [0.4, 0.5) is 5.82 Å². The minimum atomic E-state index is -0.0131. The second-order valence-corrected chi connectivity index (χ2v) is 6.71. The molecule has 2 N–H and O–H groups in total. The van der Waals surface area contributed by atoms with Gasteiger partial charge >= 0.3 is 0 Å². The normalized spacial score (nSPS) is 13.0. The van der Waals surface area contributed by atoms with Crippen LogP contribution in [-0.2, 0) is 0 Å². The zero-order chi connectivity index (χ0) is 15.7. The maximum atomic E-state index is 9.46. The summed E-state index contributed by atoms with van der Waals surface area (Å²) < 4.78 is 1.85. The third kappa shape index (κ3) is 2.84. The first kappa shape index (κ1) is 15.0. The van der Waals surface area contributed by atoms with Crippen LogP contribution in [0.15, 0.2) is 29.8 Å². The van der Waals surface area contributed by atoms with E-state index in [0.29, 0.717) is 5.92 Å². The molecule has 0 aliphatic carbocycles. The van der Waals surface area contributed by atoms with E-state index in [2.05, 4.69) is 47.6 Å². The fourth-order valence-corrected chi connectivity index (χ4v) is 3.19. The van der Waals surface area contributed by atoms with Crippen molar-refractivity contribution in [1.82, 2.24) is 14.6 Å². The van der Waals surface area contributed by atoms with E-state index in [1.165, 1.54) is 5.56 Å². The number of aryl methyl sites for hydroxylation is 1. The summed E-state index contributed by atoms with van der Waals surface area (Å²) in [6.07, 6.45) is 1.85. The van der Waals surface area contributed by atoms with E-state index >= 15 is 0 Å². The Balaban J connectivity index is 1.98. The first-order valence-electron chi connectivity index (χ1n) is 7.36. The van der Waals surface area contributed by atoms with Crippen molar-refractivity contribution in [2.75, 3.05) is 11.9 Å². The highest BCUT2D eigenvalue weighted by atomic mass is 32.1. The molecule has 0 aliphatic rings. The third-order valence-electron chi connectivity index (χ3n) is 3.68. The van der Waals surface area contributed by atoms with Crippen LogP contribution in [-0.4, -0.2) is 32.4 Å². The van der Waals surface area contributed by atoms with Gasteiger partial charge in [0.2, 0.25) is 0 Å². The number of aromatic nitrogens is 3. The molecule has 0 bridgehead atoms. The van der Waals surface area contributed by atoms with E-state index in [4.69, 9.17) is 0 Å². The van der Waals surface area contributed by atoms with Crippen LogP contribution in [0.5, 0.6) is 0 Å². The van der Waals surface area contributed by atoms with E-state index < -0.39 is 0 Å². The van der Waals surface area contributed by atoms with Crippen molar-refractivity contribution in [3.05, 3.63) is 35.3 Å². The molecule has 5 nitrogen and oxygen atoms in total. The summed E-state index contributed by atoms with van der Waals surface area (Å²) in [6, 6.07) is 5.96. The maximum absolute atomic E-state index is 9.46. The van der Waals surface area contributed by atoms with Gasteiger partial charge in [-0.05, 0) is 42.0 Å². The molecule has 0 aliphatic heterocycles. The minimum absolute atomic E-state index is 0.0131. The molecule has 22 heavy (non-hydrogen) atoms. The number of hydrogen-bond acceptors (Lipinski definition) is 5. The number of fused-ring (bicyclic) bond motifs is 1. The molecule has 116 valence electrons. The van der Waals surface area contributed by atoms with E-state index in [1.54, 1.807) is 11.3 Å². The number of hydrogen-bond donors (Lipinski definition) is 2. The Morgan fingerprint density at radius 1 is 1.36 bits per heavy atom. The van der Waals surface area contributed by atoms with Gasteiger partial charge in [0, 0.05) is 0 Å². The standard InChI is InChI=1S/C16H20N4OS/c1-10(2)12(8-21)18-15-4-5-16-17-7-13(20(16)19-15)14-6-11(3)9-22-14/h4-7,9-10,12,21H,8H2,1-3H3,(H,18,19)/t12-/m1/s1. The summed E-state index contributed by atoms with van der Waals surface area (Å²) in [6.45, 7) is 6.31. The Labute approximate surface area is 133 Å². The highest BCUT2D eigenvalue weighted by molar-refractivity contribution is 7.13. The predicted molar refractivity (Wildman–Crippen MR) is 90.4 cm³/mol. The van der Waals surface area contributed by atoms with Gasteiger partial charge in [0.25, 0.3) is 0 Å². The number of nitrogens with one attached hydrogen (secondary N) is 1. The van der Waals surface area contributed by atoms with Crippen LogP contribution in [0.3, 0.4) is 0 Å². The molecule has 3 heterocycles. The second kappa shape index (κ2) is 6.06. The molecular weight excluding hydrogens is 296 g/mol. The summed E-state index contributed by atoms with van der Waals surface area (Å²) >= 11 is 1.69. The van der Waals surface area contributed by atoms with E-state index in [9.17, 15) is 5.11 Å². The van der Waals surface area contributed by atoms with E-state index in [-0.39, 0.29) is 12.6 Å². The number of aliphatic hydroxyl groups is 1. The Morgan fingerprint density at radius 3 is 2.82 bits per heavy atom. The average molecular weight is 316 g/mol. The van der Waals surface area contributed by atoms with E-state index in [1.807, 2.05) is 22.8 Å². The number of imidazole rings is 1. The van der Waals surface area contributed by atoms with Crippen molar-refractivity contribution in [1.29, 1.82) is 0 Å². The van der Waals surface area contributed by atoms with Crippen LogP contribution in [0, 0.1) is 12.8 Å². The van der Waals surface area contributed by atoms with Crippen molar-refractivity contribution >= 4 is 22.8 Å². The van der Waals surface area contributed by atoms with Crippen molar-refractivity contribution in [2.45, 2.75) is 26.8 Å². The van der Waals surface area contributed by atoms with Gasteiger partial charge < -0.3 is 10.4 Å². The zero-order valence-corrected chi connectivity index (χ0v) is 13.8. The number of aliphatic hydroxyl groups excluding tert-OH is 1. The van der Waals surface area contributed by atoms with E-state index in [0.717, 1.165) is 22.0 Å². The lowest BCUT2D eigenvalue weighted by atomic mass is 10.1. The molecule has 3 aromatic heterocycles. The Bertz CT molecular complexity index is 777. The lowest BCUT2D eigenvalue weighted by molar-refractivity contribution is 0.249. The monoisotopic (exact) mass is 316 g/mol. The molecule has 6 heteroatoms. The van der Waals surface area contributed by atoms with Crippen molar-refractivity contribution < 1.29 is 5.11 Å². The van der Waals surface area contributed by atoms with Crippen molar-refractivity contribution in [3.8, 4) is 10.6 Å². The second-order valence-electron chi connectivity index (χ2n) is 5.80. The summed E-state index contributed by atoms with van der Waals surface area (Å²) in [5, 5.41) is 19.5. The van der Waals surface area contributed by atoms with Gasteiger partial charge in [-0.2, -0.15) is 0 Å². The van der Waals surface area contributed by atoms with Gasteiger partial charge in [-0.3, -0.25) is 0 Å². The first-order valence-corrected chi connectivity index (χ1v) is 8.24. The number of anilines is 1. The highest BCUT2D eigenvalue weighted by Gasteiger charge is 2.14. The van der Waals surface area contributed by atoms with Crippen molar-refractivity contribution in [2.24, 2.45) is 5.92 Å². The number of nitrogens with zero attached hydrogens (tertiary/aromatic N) is 3. The van der Waals surface area contributed by atoms with Gasteiger partial charge in [-0.25, -0.2) is 9.50 Å². The topological polar surface area (TPSA) is 62.5 Å². The maximum Gasteiger partial charge on any atom is 0.154 e. The van der Waals surface area contributed by atoms with Crippen LogP contribution < -0.4 is 5.32 Å². The summed E-state index contributed by atoms with van der Waals surface area (Å²) in [5.41, 5.74) is 3.04. The molecule has 1 atom stereocenters. The molecule has 0 saturated carbocycles. The highest BCUT2D eigenvalue weighted by Crippen LogP contribution is 2.27. The lowest BCUT2D eigenvalue weighted by Crippen LogP contribution is -2.30. The van der Waals surface area contributed by atoms with Crippen LogP contribution in [0.1, 0.15) is 19.4 Å². The molecule has 0 aromatic carbocycles. The Morgan fingerprint density at radius 2 is 2.18 bits per heavy atom. The average Bonchev–Trinajstić information content (AvgIpc) is 3.09. The molecule has 0 amide bonds. The van der Waals surface area contributed by atoms with Crippen LogP contribution in [0.2, 0.25) is 0 Å². The molecule has 3 aromatic rings. The SMILES string of the molecule is Cc1csc(-c2cnc3ccc(N[C@H](CO)C(C)C)nn23)c1. The molecule has 0 saturated heterocycles. The smallest absolute Gasteiger partial charge is 0.154 e. The third-order valence-corrected chi connectivity index (χ3v) is 4.75. The zero-order valence-electron chi connectivity index (χ0n) is 12.9.